The average Bonchev–Trinajstić information content (AvgIpc) is 2.75. The SMILES string of the molecule is Cn1c(NCc2ccncc2)nc2ccccc21. The lowest BCUT2D eigenvalue weighted by Crippen LogP contribution is -2.04. The van der Waals surface area contributed by atoms with Crippen LogP contribution in [0.25, 0.3) is 11.0 Å². The maximum Gasteiger partial charge on any atom is 0.203 e. The van der Waals surface area contributed by atoms with Crippen LogP contribution in [-0.4, -0.2) is 14.5 Å². The van der Waals surface area contributed by atoms with E-state index in [1.54, 1.807) is 12.4 Å². The minimum absolute atomic E-state index is 0.750. The molecule has 0 radical (unpaired) electrons. The number of aromatic nitrogens is 3. The Hall–Kier alpha value is -2.36. The van der Waals surface area contributed by atoms with Crippen LogP contribution < -0.4 is 5.32 Å². The Kier molecular flexibility index (Phi) is 2.68. The lowest BCUT2D eigenvalue weighted by Gasteiger charge is -2.05. The molecule has 0 bridgehead atoms. The van der Waals surface area contributed by atoms with Gasteiger partial charge >= 0.3 is 0 Å². The van der Waals surface area contributed by atoms with Gasteiger partial charge in [-0.3, -0.25) is 4.98 Å². The van der Waals surface area contributed by atoms with Crippen LogP contribution >= 0.6 is 0 Å². The topological polar surface area (TPSA) is 42.7 Å². The predicted molar refractivity (Wildman–Crippen MR) is 72.3 cm³/mol. The first-order valence-corrected chi connectivity index (χ1v) is 5.89. The van der Waals surface area contributed by atoms with Crippen LogP contribution in [0, 0.1) is 0 Å². The van der Waals surface area contributed by atoms with Crippen LogP contribution in [0.15, 0.2) is 48.8 Å². The second kappa shape index (κ2) is 4.49. The number of nitrogens with one attached hydrogen (secondary N) is 1. The summed E-state index contributed by atoms with van der Waals surface area (Å²) in [5, 5.41) is 3.34. The molecule has 0 aliphatic carbocycles. The Morgan fingerprint density at radius 2 is 1.89 bits per heavy atom. The Morgan fingerprint density at radius 3 is 2.67 bits per heavy atom. The molecule has 2 aromatic heterocycles. The fourth-order valence-electron chi connectivity index (χ4n) is 1.99. The van der Waals surface area contributed by atoms with Gasteiger partial charge in [-0.15, -0.1) is 0 Å². The van der Waals surface area contributed by atoms with Gasteiger partial charge in [0.05, 0.1) is 11.0 Å². The van der Waals surface area contributed by atoms with E-state index in [9.17, 15) is 0 Å². The number of para-hydroxylation sites is 2. The molecular formula is C14H14N4. The number of rotatable bonds is 3. The molecule has 4 nitrogen and oxygen atoms in total. The number of pyridine rings is 1. The van der Waals surface area contributed by atoms with Gasteiger partial charge in [0, 0.05) is 26.0 Å². The summed E-state index contributed by atoms with van der Waals surface area (Å²) in [4.78, 5) is 8.57. The van der Waals surface area contributed by atoms with E-state index in [2.05, 4.69) is 25.9 Å². The lowest BCUT2D eigenvalue weighted by atomic mass is 10.3. The Labute approximate surface area is 105 Å². The Balaban J connectivity index is 1.85. The van der Waals surface area contributed by atoms with Crippen LogP contribution in [0.3, 0.4) is 0 Å². The van der Waals surface area contributed by atoms with E-state index in [0.717, 1.165) is 23.5 Å². The number of benzene rings is 1. The normalized spacial score (nSPS) is 10.7. The third-order valence-corrected chi connectivity index (χ3v) is 2.99. The van der Waals surface area contributed by atoms with Gasteiger partial charge in [-0.1, -0.05) is 12.1 Å². The van der Waals surface area contributed by atoms with Crippen molar-refractivity contribution in [3.8, 4) is 0 Å². The maximum absolute atomic E-state index is 4.56. The number of hydrogen-bond acceptors (Lipinski definition) is 3. The summed E-state index contributed by atoms with van der Waals surface area (Å²) in [6, 6.07) is 12.1. The molecule has 1 N–H and O–H groups in total. The van der Waals surface area contributed by atoms with Crippen LogP contribution in [0.5, 0.6) is 0 Å². The molecule has 0 amide bonds. The second-order valence-electron chi connectivity index (χ2n) is 4.19. The van der Waals surface area contributed by atoms with Crippen LogP contribution in [0.4, 0.5) is 5.95 Å². The Morgan fingerprint density at radius 1 is 1.11 bits per heavy atom. The third-order valence-electron chi connectivity index (χ3n) is 2.99. The first-order valence-electron chi connectivity index (χ1n) is 5.89. The smallest absolute Gasteiger partial charge is 0.203 e. The molecule has 0 fully saturated rings. The van der Waals surface area contributed by atoms with Crippen molar-refractivity contribution in [3.05, 3.63) is 54.4 Å². The van der Waals surface area contributed by atoms with E-state index < -0.39 is 0 Å². The first-order chi connectivity index (χ1) is 8.84. The first kappa shape index (κ1) is 10.8. The van der Waals surface area contributed by atoms with Crippen molar-refractivity contribution < 1.29 is 0 Å². The fraction of sp³-hybridized carbons (Fsp3) is 0.143. The van der Waals surface area contributed by atoms with Gasteiger partial charge in [-0.05, 0) is 29.8 Å². The highest BCUT2D eigenvalue weighted by Crippen LogP contribution is 2.17. The zero-order chi connectivity index (χ0) is 12.4. The highest BCUT2D eigenvalue weighted by molar-refractivity contribution is 5.78. The van der Waals surface area contributed by atoms with Gasteiger partial charge < -0.3 is 9.88 Å². The van der Waals surface area contributed by atoms with Gasteiger partial charge in [-0.2, -0.15) is 0 Å². The summed E-state index contributed by atoms with van der Waals surface area (Å²) in [5.74, 6) is 0.882. The minimum atomic E-state index is 0.750. The highest BCUT2D eigenvalue weighted by Gasteiger charge is 2.05. The van der Waals surface area contributed by atoms with Crippen molar-refractivity contribution in [2.45, 2.75) is 6.54 Å². The molecule has 0 spiro atoms. The molecule has 90 valence electrons. The van der Waals surface area contributed by atoms with Gasteiger partial charge in [-0.25, -0.2) is 4.98 Å². The quantitative estimate of drug-likeness (QED) is 0.762. The van der Waals surface area contributed by atoms with E-state index in [1.165, 1.54) is 5.56 Å². The monoisotopic (exact) mass is 238 g/mol. The third kappa shape index (κ3) is 1.93. The molecular weight excluding hydrogens is 224 g/mol. The molecule has 3 aromatic rings. The largest absolute Gasteiger partial charge is 0.352 e. The van der Waals surface area contributed by atoms with Gasteiger partial charge in [0.1, 0.15) is 0 Å². The minimum Gasteiger partial charge on any atom is -0.352 e. The second-order valence-corrected chi connectivity index (χ2v) is 4.19. The highest BCUT2D eigenvalue weighted by atomic mass is 15.2. The van der Waals surface area contributed by atoms with E-state index >= 15 is 0 Å². The van der Waals surface area contributed by atoms with Crippen LogP contribution in [-0.2, 0) is 13.6 Å². The number of fused-ring (bicyclic) bond motifs is 1. The molecule has 3 rings (SSSR count). The molecule has 0 atom stereocenters. The number of imidazole rings is 1. The molecule has 2 heterocycles. The van der Waals surface area contributed by atoms with E-state index in [0.29, 0.717) is 0 Å². The zero-order valence-corrected chi connectivity index (χ0v) is 10.2. The summed E-state index contributed by atoms with van der Waals surface area (Å²) in [6.07, 6.45) is 3.60. The number of aryl methyl sites for hydroxylation is 1. The molecule has 0 unspecified atom stereocenters. The van der Waals surface area contributed by atoms with Crippen molar-refractivity contribution in [3.63, 3.8) is 0 Å². The van der Waals surface area contributed by atoms with E-state index in [1.807, 2.05) is 37.4 Å². The van der Waals surface area contributed by atoms with Gasteiger partial charge in [0.25, 0.3) is 0 Å². The molecule has 1 aromatic carbocycles. The maximum atomic E-state index is 4.56. The van der Waals surface area contributed by atoms with Crippen molar-refractivity contribution in [1.29, 1.82) is 0 Å². The zero-order valence-electron chi connectivity index (χ0n) is 10.2. The van der Waals surface area contributed by atoms with Gasteiger partial charge in [0.15, 0.2) is 0 Å². The molecule has 0 aliphatic heterocycles. The standard InChI is InChI=1S/C14H14N4/c1-18-13-5-3-2-4-12(13)17-14(18)16-10-11-6-8-15-9-7-11/h2-9H,10H2,1H3,(H,16,17). The Bertz CT molecular complexity index is 658. The molecule has 18 heavy (non-hydrogen) atoms. The van der Waals surface area contributed by atoms with Crippen LogP contribution in [0.1, 0.15) is 5.56 Å². The summed E-state index contributed by atoms with van der Waals surface area (Å²) in [5.41, 5.74) is 3.34. The molecule has 0 saturated carbocycles. The average molecular weight is 238 g/mol. The number of anilines is 1. The number of nitrogens with zero attached hydrogens (tertiary/aromatic N) is 3. The van der Waals surface area contributed by atoms with E-state index in [4.69, 9.17) is 0 Å². The van der Waals surface area contributed by atoms with Gasteiger partial charge in [0.2, 0.25) is 5.95 Å². The van der Waals surface area contributed by atoms with Crippen molar-refractivity contribution in [1.82, 2.24) is 14.5 Å². The summed E-state index contributed by atoms with van der Waals surface area (Å²) < 4.78 is 2.07. The van der Waals surface area contributed by atoms with Crippen molar-refractivity contribution in [2.24, 2.45) is 7.05 Å². The molecule has 0 saturated heterocycles. The van der Waals surface area contributed by atoms with Crippen LogP contribution in [0.2, 0.25) is 0 Å². The number of hydrogen-bond donors (Lipinski definition) is 1. The van der Waals surface area contributed by atoms with Crippen molar-refractivity contribution in [2.75, 3.05) is 5.32 Å². The molecule has 4 heteroatoms. The lowest BCUT2D eigenvalue weighted by molar-refractivity contribution is 0.927. The molecule has 0 aliphatic rings. The van der Waals surface area contributed by atoms with E-state index in [-0.39, 0.29) is 0 Å². The fourth-order valence-corrected chi connectivity index (χ4v) is 1.99. The van der Waals surface area contributed by atoms with Crippen molar-refractivity contribution >= 4 is 17.0 Å². The summed E-state index contributed by atoms with van der Waals surface area (Å²) >= 11 is 0. The predicted octanol–water partition coefficient (Wildman–Crippen LogP) is 2.58. The summed E-state index contributed by atoms with van der Waals surface area (Å²) in [6.45, 7) is 0.750. The summed E-state index contributed by atoms with van der Waals surface area (Å²) in [7, 11) is 2.02.